The van der Waals surface area contributed by atoms with Crippen LogP contribution >= 0.6 is 11.3 Å². The first-order valence-corrected chi connectivity index (χ1v) is 6.24. The van der Waals surface area contributed by atoms with Crippen LogP contribution in [0.3, 0.4) is 0 Å². The molecular formula is C13H16N2S. The van der Waals surface area contributed by atoms with Gasteiger partial charge in [0.25, 0.3) is 0 Å². The van der Waals surface area contributed by atoms with E-state index in [-0.39, 0.29) is 5.41 Å². The molecule has 2 heterocycles. The number of anilines is 1. The molecule has 2 rings (SSSR count). The molecule has 0 radical (unpaired) electrons. The summed E-state index contributed by atoms with van der Waals surface area (Å²) < 4.78 is 0. The molecule has 0 saturated carbocycles. The van der Waals surface area contributed by atoms with Crippen molar-refractivity contribution in [1.29, 1.82) is 0 Å². The summed E-state index contributed by atoms with van der Waals surface area (Å²) in [6.45, 7) is 5.44. The van der Waals surface area contributed by atoms with Crippen LogP contribution in [-0.2, 0) is 5.41 Å². The average molecular weight is 232 g/mol. The molecular weight excluding hydrogens is 216 g/mol. The highest BCUT2D eigenvalue weighted by molar-refractivity contribution is 7.10. The maximum Gasteiger partial charge on any atom is 0.0371 e. The average Bonchev–Trinajstić information content (AvgIpc) is 2.82. The number of hydrogen-bond acceptors (Lipinski definition) is 3. The number of nitrogens with one attached hydrogen (secondary N) is 1. The standard InChI is InChI=1S/C13H16N2S/c1-13(2,12-4-3-9-16-12)10-15-11-5-7-14-8-6-11/h3-9H,10H2,1-2H3,(H,14,15). The Morgan fingerprint density at radius 3 is 2.62 bits per heavy atom. The molecule has 0 amide bonds. The van der Waals surface area contributed by atoms with Crippen LogP contribution < -0.4 is 5.32 Å². The van der Waals surface area contributed by atoms with Crippen LogP contribution in [0.1, 0.15) is 18.7 Å². The lowest BCUT2D eigenvalue weighted by atomic mass is 9.91. The Labute approximate surface area is 100 Å². The quantitative estimate of drug-likeness (QED) is 0.872. The summed E-state index contributed by atoms with van der Waals surface area (Å²) in [7, 11) is 0. The molecule has 0 aliphatic heterocycles. The third-order valence-corrected chi connectivity index (χ3v) is 3.84. The molecule has 0 aliphatic rings. The van der Waals surface area contributed by atoms with E-state index in [0.29, 0.717) is 0 Å². The fourth-order valence-corrected chi connectivity index (χ4v) is 2.40. The molecule has 0 aliphatic carbocycles. The molecule has 2 aromatic heterocycles. The van der Waals surface area contributed by atoms with Gasteiger partial charge in [0.1, 0.15) is 0 Å². The molecule has 0 fully saturated rings. The van der Waals surface area contributed by atoms with E-state index < -0.39 is 0 Å². The van der Waals surface area contributed by atoms with E-state index in [9.17, 15) is 0 Å². The Hall–Kier alpha value is -1.35. The van der Waals surface area contributed by atoms with Crippen molar-refractivity contribution >= 4 is 17.0 Å². The summed E-state index contributed by atoms with van der Waals surface area (Å²) in [6.07, 6.45) is 3.61. The van der Waals surface area contributed by atoms with Gasteiger partial charge in [0.2, 0.25) is 0 Å². The van der Waals surface area contributed by atoms with E-state index in [1.165, 1.54) is 4.88 Å². The van der Waals surface area contributed by atoms with Crippen molar-refractivity contribution in [3.8, 4) is 0 Å². The largest absolute Gasteiger partial charge is 0.384 e. The molecule has 0 spiro atoms. The zero-order valence-electron chi connectivity index (χ0n) is 9.60. The number of hydrogen-bond donors (Lipinski definition) is 1. The summed E-state index contributed by atoms with van der Waals surface area (Å²) in [5.41, 5.74) is 1.29. The number of thiophene rings is 1. The molecule has 84 valence electrons. The summed E-state index contributed by atoms with van der Waals surface area (Å²) in [5, 5.41) is 5.57. The SMILES string of the molecule is CC(C)(CNc1ccncc1)c1cccs1. The van der Waals surface area contributed by atoms with Gasteiger partial charge in [-0.15, -0.1) is 11.3 Å². The number of pyridine rings is 1. The molecule has 2 nitrogen and oxygen atoms in total. The van der Waals surface area contributed by atoms with E-state index in [0.717, 1.165) is 12.2 Å². The normalized spacial score (nSPS) is 11.4. The molecule has 2 aromatic rings. The first-order valence-electron chi connectivity index (χ1n) is 5.36. The van der Waals surface area contributed by atoms with E-state index in [2.05, 4.69) is 41.7 Å². The zero-order valence-corrected chi connectivity index (χ0v) is 10.4. The van der Waals surface area contributed by atoms with Crippen LogP contribution in [0, 0.1) is 0 Å². The van der Waals surface area contributed by atoms with Gasteiger partial charge in [-0.1, -0.05) is 19.9 Å². The Morgan fingerprint density at radius 1 is 1.25 bits per heavy atom. The van der Waals surface area contributed by atoms with Gasteiger partial charge in [-0.05, 0) is 23.6 Å². The van der Waals surface area contributed by atoms with Crippen molar-refractivity contribution in [3.63, 3.8) is 0 Å². The number of rotatable bonds is 4. The molecule has 16 heavy (non-hydrogen) atoms. The lowest BCUT2D eigenvalue weighted by Crippen LogP contribution is -2.26. The van der Waals surface area contributed by atoms with E-state index in [1.807, 2.05) is 23.5 Å². The number of aromatic nitrogens is 1. The van der Waals surface area contributed by atoms with Crippen LogP contribution in [0.15, 0.2) is 42.0 Å². The first kappa shape index (κ1) is 11.1. The highest BCUT2D eigenvalue weighted by atomic mass is 32.1. The lowest BCUT2D eigenvalue weighted by Gasteiger charge is -2.24. The zero-order chi connectivity index (χ0) is 11.4. The van der Waals surface area contributed by atoms with Gasteiger partial charge in [-0.3, -0.25) is 4.98 Å². The minimum atomic E-state index is 0.164. The van der Waals surface area contributed by atoms with Gasteiger partial charge >= 0.3 is 0 Å². The molecule has 3 heteroatoms. The number of nitrogens with zero attached hydrogens (tertiary/aromatic N) is 1. The fourth-order valence-electron chi connectivity index (χ4n) is 1.54. The Balaban J connectivity index is 2.00. The Morgan fingerprint density at radius 2 is 2.00 bits per heavy atom. The van der Waals surface area contributed by atoms with Crippen molar-refractivity contribution in [2.45, 2.75) is 19.3 Å². The van der Waals surface area contributed by atoms with E-state index in [1.54, 1.807) is 12.4 Å². The third-order valence-electron chi connectivity index (χ3n) is 2.60. The van der Waals surface area contributed by atoms with Gasteiger partial charge in [0, 0.05) is 34.9 Å². The summed E-state index contributed by atoms with van der Waals surface area (Å²) in [5.74, 6) is 0. The highest BCUT2D eigenvalue weighted by Crippen LogP contribution is 2.27. The molecule has 0 saturated heterocycles. The van der Waals surface area contributed by atoms with Crippen molar-refractivity contribution in [2.24, 2.45) is 0 Å². The maximum atomic E-state index is 4.00. The van der Waals surface area contributed by atoms with Gasteiger partial charge in [0.05, 0.1) is 0 Å². The van der Waals surface area contributed by atoms with Gasteiger partial charge in [0.15, 0.2) is 0 Å². The maximum absolute atomic E-state index is 4.00. The smallest absolute Gasteiger partial charge is 0.0371 e. The minimum Gasteiger partial charge on any atom is -0.384 e. The first-order chi connectivity index (χ1) is 7.68. The lowest BCUT2D eigenvalue weighted by molar-refractivity contribution is 0.569. The molecule has 0 atom stereocenters. The van der Waals surface area contributed by atoms with Crippen LogP contribution in [0.5, 0.6) is 0 Å². The summed E-state index contributed by atoms with van der Waals surface area (Å²) in [4.78, 5) is 5.41. The van der Waals surface area contributed by atoms with Crippen LogP contribution in [0.25, 0.3) is 0 Å². The Bertz CT molecular complexity index is 420. The van der Waals surface area contributed by atoms with Crippen molar-refractivity contribution in [3.05, 3.63) is 46.9 Å². The van der Waals surface area contributed by atoms with Gasteiger partial charge in [-0.25, -0.2) is 0 Å². The van der Waals surface area contributed by atoms with Crippen molar-refractivity contribution in [1.82, 2.24) is 4.98 Å². The fraction of sp³-hybridized carbons (Fsp3) is 0.308. The summed E-state index contributed by atoms with van der Waals surface area (Å²) >= 11 is 1.81. The topological polar surface area (TPSA) is 24.9 Å². The molecule has 0 bridgehead atoms. The predicted molar refractivity (Wildman–Crippen MR) is 70.1 cm³/mol. The van der Waals surface area contributed by atoms with Crippen LogP contribution in [0.4, 0.5) is 5.69 Å². The highest BCUT2D eigenvalue weighted by Gasteiger charge is 2.21. The predicted octanol–water partition coefficient (Wildman–Crippen LogP) is 3.53. The second-order valence-electron chi connectivity index (χ2n) is 4.45. The third kappa shape index (κ3) is 2.61. The second-order valence-corrected chi connectivity index (χ2v) is 5.40. The van der Waals surface area contributed by atoms with E-state index >= 15 is 0 Å². The minimum absolute atomic E-state index is 0.164. The van der Waals surface area contributed by atoms with Gasteiger partial charge < -0.3 is 5.32 Å². The molecule has 0 unspecified atom stereocenters. The van der Waals surface area contributed by atoms with Crippen LogP contribution in [-0.4, -0.2) is 11.5 Å². The second kappa shape index (κ2) is 4.66. The summed E-state index contributed by atoms with van der Waals surface area (Å²) in [6, 6.07) is 8.28. The van der Waals surface area contributed by atoms with Crippen LogP contribution in [0.2, 0.25) is 0 Å². The molecule has 1 N–H and O–H groups in total. The Kier molecular flexibility index (Phi) is 3.25. The monoisotopic (exact) mass is 232 g/mol. The van der Waals surface area contributed by atoms with Gasteiger partial charge in [-0.2, -0.15) is 0 Å². The van der Waals surface area contributed by atoms with Crippen molar-refractivity contribution in [2.75, 3.05) is 11.9 Å². The molecule has 0 aromatic carbocycles. The van der Waals surface area contributed by atoms with Crippen molar-refractivity contribution < 1.29 is 0 Å². The van der Waals surface area contributed by atoms with E-state index in [4.69, 9.17) is 0 Å².